The summed E-state index contributed by atoms with van der Waals surface area (Å²) < 4.78 is 1.64. The van der Waals surface area contributed by atoms with E-state index in [1.807, 2.05) is 6.07 Å². The number of nitrogens with zero attached hydrogens (tertiary/aromatic N) is 3. The molecule has 0 radical (unpaired) electrons. The number of fused-ring (bicyclic) bond motifs is 1. The van der Waals surface area contributed by atoms with Crippen molar-refractivity contribution < 1.29 is 4.79 Å². The fourth-order valence-corrected chi connectivity index (χ4v) is 3.42. The van der Waals surface area contributed by atoms with Crippen molar-refractivity contribution >= 4 is 28.6 Å². The van der Waals surface area contributed by atoms with E-state index in [2.05, 4.69) is 15.7 Å². The molecule has 1 fully saturated rings. The Morgan fingerprint density at radius 2 is 2.15 bits per heavy atom. The molecule has 7 N–H and O–H groups in total. The molecule has 3 rings (SSSR count). The number of carbonyl (C=O) groups is 1. The molecule has 0 spiro atoms. The maximum absolute atomic E-state index is 11.9. The first-order chi connectivity index (χ1) is 12.5. The monoisotopic (exact) mass is 354 g/mol. The topological polar surface area (TPSA) is 158 Å². The highest BCUT2D eigenvalue weighted by molar-refractivity contribution is 6.03. The predicted molar refractivity (Wildman–Crippen MR) is 98.7 cm³/mol. The molecule has 1 aliphatic carbocycles. The minimum absolute atomic E-state index is 0.0354. The Labute approximate surface area is 150 Å². The average Bonchev–Trinajstić information content (AvgIpc) is 2.97. The molecule has 1 amide bonds. The maximum Gasteiger partial charge on any atom is 0.234 e. The number of aromatic nitrogens is 2. The van der Waals surface area contributed by atoms with Crippen LogP contribution in [-0.2, 0) is 4.79 Å². The molecule has 2 heterocycles. The summed E-state index contributed by atoms with van der Waals surface area (Å²) >= 11 is 0. The third kappa shape index (κ3) is 3.54. The smallest absolute Gasteiger partial charge is 0.234 e. The summed E-state index contributed by atoms with van der Waals surface area (Å²) in [5, 5.41) is 27.2. The molecule has 0 unspecified atom stereocenters. The van der Waals surface area contributed by atoms with E-state index in [1.54, 1.807) is 16.8 Å². The quantitative estimate of drug-likeness (QED) is 0.397. The van der Waals surface area contributed by atoms with Gasteiger partial charge in [-0.1, -0.05) is 12.8 Å². The summed E-state index contributed by atoms with van der Waals surface area (Å²) in [6.45, 7) is 0. The van der Waals surface area contributed by atoms with Crippen LogP contribution >= 0.6 is 0 Å². The molecule has 26 heavy (non-hydrogen) atoms. The summed E-state index contributed by atoms with van der Waals surface area (Å²) in [6, 6.07) is 3.51. The lowest BCUT2D eigenvalue weighted by Crippen LogP contribution is -2.48. The molecule has 0 saturated heterocycles. The normalized spacial score (nSPS) is 19.7. The Balaban J connectivity index is 1.92. The SMILES string of the molecule is N#CCC(=O)N[C@@H]1CCCC[C@H]1Nc1c(C(=N)N)cnn2cc(N)cc12. The van der Waals surface area contributed by atoms with Gasteiger partial charge in [0.1, 0.15) is 12.3 Å². The largest absolute Gasteiger partial charge is 0.397 e. The van der Waals surface area contributed by atoms with Crippen molar-refractivity contribution in [1.29, 1.82) is 10.7 Å². The Hall–Kier alpha value is -3.28. The Bertz CT molecular complexity index is 881. The molecule has 9 heteroatoms. The van der Waals surface area contributed by atoms with Gasteiger partial charge in [0, 0.05) is 12.1 Å². The van der Waals surface area contributed by atoms with Crippen LogP contribution < -0.4 is 22.1 Å². The van der Waals surface area contributed by atoms with Crippen LogP contribution in [0.4, 0.5) is 11.4 Å². The third-order valence-electron chi connectivity index (χ3n) is 4.63. The maximum atomic E-state index is 11.9. The summed E-state index contributed by atoms with van der Waals surface area (Å²) in [7, 11) is 0. The number of rotatable bonds is 5. The lowest BCUT2D eigenvalue weighted by Gasteiger charge is -2.34. The van der Waals surface area contributed by atoms with E-state index in [9.17, 15) is 4.79 Å². The number of nitrogens with one attached hydrogen (secondary N) is 3. The summed E-state index contributed by atoms with van der Waals surface area (Å²) in [5.74, 6) is -0.368. The van der Waals surface area contributed by atoms with Crippen LogP contribution in [0.25, 0.3) is 5.52 Å². The lowest BCUT2D eigenvalue weighted by molar-refractivity contribution is -0.121. The average molecular weight is 354 g/mol. The zero-order valence-corrected chi connectivity index (χ0v) is 14.3. The highest BCUT2D eigenvalue weighted by Crippen LogP contribution is 2.28. The lowest BCUT2D eigenvalue weighted by atomic mass is 9.89. The zero-order valence-electron chi connectivity index (χ0n) is 14.3. The molecule has 2 atom stereocenters. The van der Waals surface area contributed by atoms with Crippen molar-refractivity contribution in [3.8, 4) is 6.07 Å². The van der Waals surface area contributed by atoms with Gasteiger partial charge >= 0.3 is 0 Å². The first kappa shape index (κ1) is 17.5. The van der Waals surface area contributed by atoms with E-state index >= 15 is 0 Å². The second-order valence-electron chi connectivity index (χ2n) is 6.49. The second-order valence-corrected chi connectivity index (χ2v) is 6.49. The molecule has 2 aromatic rings. The number of hydrogen-bond acceptors (Lipinski definition) is 6. The Morgan fingerprint density at radius 3 is 2.85 bits per heavy atom. The van der Waals surface area contributed by atoms with Crippen molar-refractivity contribution in [3.05, 3.63) is 24.0 Å². The number of hydrogen-bond donors (Lipinski definition) is 5. The minimum Gasteiger partial charge on any atom is -0.397 e. The van der Waals surface area contributed by atoms with Gasteiger partial charge in [-0.15, -0.1) is 0 Å². The van der Waals surface area contributed by atoms with Gasteiger partial charge in [0.15, 0.2) is 0 Å². The number of nitriles is 1. The summed E-state index contributed by atoms with van der Waals surface area (Å²) in [5.41, 5.74) is 14.1. The van der Waals surface area contributed by atoms with Crippen LogP contribution in [0.15, 0.2) is 18.5 Å². The number of amidine groups is 1. The minimum atomic E-state index is -0.273. The van der Waals surface area contributed by atoms with Gasteiger partial charge in [-0.05, 0) is 18.9 Å². The Kier molecular flexibility index (Phi) is 4.93. The number of amides is 1. The second kappa shape index (κ2) is 7.31. The molecular formula is C17H22N8O. The van der Waals surface area contributed by atoms with Gasteiger partial charge in [0.2, 0.25) is 5.91 Å². The summed E-state index contributed by atoms with van der Waals surface area (Å²) in [6.07, 6.45) is 6.80. The van der Waals surface area contributed by atoms with Crippen molar-refractivity contribution in [2.75, 3.05) is 11.1 Å². The van der Waals surface area contributed by atoms with E-state index in [0.29, 0.717) is 16.9 Å². The van der Waals surface area contributed by atoms with E-state index in [1.165, 1.54) is 6.20 Å². The van der Waals surface area contributed by atoms with Crippen molar-refractivity contribution in [2.24, 2.45) is 5.73 Å². The van der Waals surface area contributed by atoms with Crippen LogP contribution in [0.3, 0.4) is 0 Å². The molecule has 0 bridgehead atoms. The molecule has 1 aliphatic rings. The van der Waals surface area contributed by atoms with Crippen molar-refractivity contribution in [3.63, 3.8) is 0 Å². The fraction of sp³-hybridized carbons (Fsp3) is 0.412. The highest BCUT2D eigenvalue weighted by atomic mass is 16.1. The van der Waals surface area contributed by atoms with Crippen LogP contribution in [0.5, 0.6) is 0 Å². The van der Waals surface area contributed by atoms with Gasteiger partial charge in [-0.2, -0.15) is 10.4 Å². The standard InChI is InChI=1S/C17H22N8O/c18-6-5-15(26)23-12-3-1-2-4-13(12)24-16-11(17(20)21)8-22-25-9-10(19)7-14(16)25/h7-9,12-13,24H,1-5,19H2,(H3,20,21)(H,23,26)/t12-,13-/m1/s1. The zero-order chi connectivity index (χ0) is 18.7. The highest BCUT2D eigenvalue weighted by Gasteiger charge is 2.28. The third-order valence-corrected chi connectivity index (χ3v) is 4.63. The predicted octanol–water partition coefficient (Wildman–Crippen LogP) is 0.954. The van der Waals surface area contributed by atoms with Crippen LogP contribution in [-0.4, -0.2) is 33.4 Å². The van der Waals surface area contributed by atoms with E-state index in [-0.39, 0.29) is 30.2 Å². The van der Waals surface area contributed by atoms with E-state index < -0.39 is 0 Å². The van der Waals surface area contributed by atoms with Crippen molar-refractivity contribution in [2.45, 2.75) is 44.2 Å². The van der Waals surface area contributed by atoms with Crippen LogP contribution in [0.1, 0.15) is 37.7 Å². The first-order valence-corrected chi connectivity index (χ1v) is 8.53. The van der Waals surface area contributed by atoms with Gasteiger partial charge < -0.3 is 22.1 Å². The number of anilines is 2. The van der Waals surface area contributed by atoms with Crippen LogP contribution in [0, 0.1) is 16.7 Å². The fourth-order valence-electron chi connectivity index (χ4n) is 3.42. The van der Waals surface area contributed by atoms with Gasteiger partial charge in [0.05, 0.1) is 40.9 Å². The van der Waals surface area contributed by atoms with Gasteiger partial charge in [0.25, 0.3) is 0 Å². The summed E-state index contributed by atoms with van der Waals surface area (Å²) in [4.78, 5) is 11.9. The molecule has 1 saturated carbocycles. The molecule has 9 nitrogen and oxygen atoms in total. The number of nitrogens with two attached hydrogens (primary N) is 2. The number of carbonyl (C=O) groups excluding carboxylic acids is 1. The molecule has 136 valence electrons. The van der Waals surface area contributed by atoms with E-state index in [4.69, 9.17) is 22.1 Å². The van der Waals surface area contributed by atoms with E-state index in [0.717, 1.165) is 31.2 Å². The molecule has 0 aromatic carbocycles. The van der Waals surface area contributed by atoms with Crippen molar-refractivity contribution in [1.82, 2.24) is 14.9 Å². The van der Waals surface area contributed by atoms with Gasteiger partial charge in [-0.25, -0.2) is 4.52 Å². The molecule has 0 aliphatic heterocycles. The molecule has 2 aromatic heterocycles. The molecular weight excluding hydrogens is 332 g/mol. The first-order valence-electron chi connectivity index (χ1n) is 8.53. The Morgan fingerprint density at radius 1 is 1.42 bits per heavy atom. The number of nitrogen functional groups attached to an aromatic ring is 2. The van der Waals surface area contributed by atoms with Gasteiger partial charge in [-0.3, -0.25) is 10.2 Å². The van der Waals surface area contributed by atoms with Crippen LogP contribution in [0.2, 0.25) is 0 Å².